The largest absolute Gasteiger partial charge is 0.282 e. The molecule has 4 bridgehead atoms. The molecule has 4 saturated heterocycles. The van der Waals surface area contributed by atoms with Gasteiger partial charge in [0.2, 0.25) is 5.12 Å². The molecule has 0 aromatic rings. The van der Waals surface area contributed by atoms with E-state index in [-0.39, 0.29) is 26.2 Å². The first-order valence-electron chi connectivity index (χ1n) is 6.65. The van der Waals surface area contributed by atoms with Crippen LogP contribution in [0.25, 0.3) is 0 Å². The van der Waals surface area contributed by atoms with Gasteiger partial charge in [0, 0.05) is 11.8 Å². The summed E-state index contributed by atoms with van der Waals surface area (Å²) in [6.07, 6.45) is 2.53. The van der Waals surface area contributed by atoms with Crippen LogP contribution in [0.3, 0.4) is 0 Å². The molecule has 2 unspecified atom stereocenters. The lowest BCUT2D eigenvalue weighted by atomic mass is 9.84. The molecule has 4 aliphatic heterocycles. The molecule has 0 aromatic heterocycles. The van der Waals surface area contributed by atoms with Crippen LogP contribution in [0.1, 0.15) is 41.0 Å². The van der Waals surface area contributed by atoms with Crippen LogP contribution in [0.15, 0.2) is 12.7 Å². The molecule has 2 atom stereocenters. The van der Waals surface area contributed by atoms with Crippen molar-refractivity contribution in [2.45, 2.75) is 56.7 Å². The lowest BCUT2D eigenvalue weighted by Crippen LogP contribution is -2.66. The number of hydrogen-bond acceptors (Lipinski definition) is 6. The summed E-state index contributed by atoms with van der Waals surface area (Å²) < 4.78 is 0.471. The Kier molecular flexibility index (Phi) is 3.50. The maximum atomic E-state index is 12.0. The fourth-order valence-electron chi connectivity index (χ4n) is 3.23. The quantitative estimate of drug-likeness (QED) is 0.587. The molecule has 112 valence electrons. The highest BCUT2D eigenvalue weighted by Crippen LogP contribution is 2.87. The van der Waals surface area contributed by atoms with Crippen molar-refractivity contribution < 1.29 is 4.79 Å². The topological polar surface area (TPSA) is 17.1 Å². The summed E-state index contributed by atoms with van der Waals surface area (Å²) >= 11 is 9.74. The predicted molar refractivity (Wildman–Crippen MR) is 99.5 cm³/mol. The standard InChI is InChI=1S/C14H20OS5/c1-7-9(15)16-14-8-11(4)17-12(5,19-14)10(2,3)13(6,18-11)20-14/h7H,1,8H2,2-6H3. The third-order valence-electron chi connectivity index (χ3n) is 4.75. The second-order valence-electron chi connectivity index (χ2n) is 6.54. The van der Waals surface area contributed by atoms with E-state index in [1.807, 2.05) is 23.5 Å². The first-order valence-corrected chi connectivity index (χ1v) is 10.7. The molecule has 0 amide bonds. The first kappa shape index (κ1) is 16.0. The van der Waals surface area contributed by atoms with Gasteiger partial charge in [-0.25, -0.2) is 0 Å². The number of carbonyl (C=O) groups excluding carboxylic acids is 1. The minimum atomic E-state index is -0.0461. The highest BCUT2D eigenvalue weighted by molar-refractivity contribution is 8.47. The summed E-state index contributed by atoms with van der Waals surface area (Å²) in [4.78, 5) is 12.0. The normalized spacial score (nSPS) is 52.0. The van der Waals surface area contributed by atoms with Gasteiger partial charge in [-0.05, 0) is 26.8 Å². The molecule has 20 heavy (non-hydrogen) atoms. The van der Waals surface area contributed by atoms with Crippen LogP contribution in [0.2, 0.25) is 0 Å². The molecule has 1 nitrogen and oxygen atoms in total. The van der Waals surface area contributed by atoms with Crippen LogP contribution < -0.4 is 0 Å². The molecule has 6 heteroatoms. The molecule has 0 saturated carbocycles. The maximum absolute atomic E-state index is 12.0. The van der Waals surface area contributed by atoms with Gasteiger partial charge in [-0.2, -0.15) is 0 Å². The fourth-order valence-corrected chi connectivity index (χ4v) is 18.2. The Morgan fingerprint density at radius 3 is 2.00 bits per heavy atom. The monoisotopic (exact) mass is 364 g/mol. The van der Waals surface area contributed by atoms with Crippen molar-refractivity contribution in [2.75, 3.05) is 0 Å². The lowest BCUT2D eigenvalue weighted by Gasteiger charge is -2.72. The Hall–Kier alpha value is 1.16. The molecular formula is C14H20OS5. The number of rotatable bonds is 2. The van der Waals surface area contributed by atoms with Crippen molar-refractivity contribution in [1.82, 2.24) is 0 Å². The van der Waals surface area contributed by atoms with Crippen LogP contribution in [-0.4, -0.2) is 20.8 Å². The fraction of sp³-hybridized carbons (Fsp3) is 0.786. The number of thioether (sulfide) groups is 5. The highest BCUT2D eigenvalue weighted by Gasteiger charge is 2.75. The molecule has 0 N–H and O–H groups in total. The van der Waals surface area contributed by atoms with Gasteiger partial charge in [0.25, 0.3) is 0 Å². The average Bonchev–Trinajstić information content (AvgIpc) is 2.22. The van der Waals surface area contributed by atoms with E-state index in [0.29, 0.717) is 0 Å². The van der Waals surface area contributed by atoms with Gasteiger partial charge in [-0.15, -0.1) is 47.0 Å². The van der Waals surface area contributed by atoms with Crippen LogP contribution in [0.4, 0.5) is 0 Å². The molecule has 0 aliphatic carbocycles. The van der Waals surface area contributed by atoms with Gasteiger partial charge >= 0.3 is 0 Å². The van der Waals surface area contributed by atoms with Gasteiger partial charge in [-0.3, -0.25) is 4.79 Å². The average molecular weight is 365 g/mol. The van der Waals surface area contributed by atoms with Gasteiger partial charge in [0.15, 0.2) is 0 Å². The molecule has 4 heterocycles. The van der Waals surface area contributed by atoms with Crippen molar-refractivity contribution in [3.05, 3.63) is 12.7 Å². The van der Waals surface area contributed by atoms with E-state index >= 15 is 0 Å². The van der Waals surface area contributed by atoms with E-state index in [4.69, 9.17) is 0 Å². The molecule has 0 aromatic carbocycles. The zero-order valence-electron chi connectivity index (χ0n) is 12.4. The number of carbonyl (C=O) groups is 1. The van der Waals surface area contributed by atoms with Crippen molar-refractivity contribution in [3.63, 3.8) is 0 Å². The number of hydrogen-bond donors (Lipinski definition) is 0. The first-order chi connectivity index (χ1) is 8.99. The summed E-state index contributed by atoms with van der Waals surface area (Å²) in [6.45, 7) is 15.5. The third-order valence-corrected chi connectivity index (χ3v) is 14.2. The van der Waals surface area contributed by atoms with Gasteiger partial charge < -0.3 is 0 Å². The van der Waals surface area contributed by atoms with Crippen LogP contribution >= 0.6 is 58.8 Å². The summed E-state index contributed by atoms with van der Waals surface area (Å²) in [7, 11) is 0. The van der Waals surface area contributed by atoms with Gasteiger partial charge in [0.05, 0.1) is 12.2 Å². The van der Waals surface area contributed by atoms with E-state index < -0.39 is 0 Å². The van der Waals surface area contributed by atoms with E-state index in [1.54, 1.807) is 0 Å². The second kappa shape index (κ2) is 4.37. The molecule has 4 rings (SSSR count). The Morgan fingerprint density at radius 2 is 1.55 bits per heavy atom. The summed E-state index contributed by atoms with van der Waals surface area (Å²) in [5.41, 5.74) is 0.214. The van der Waals surface area contributed by atoms with Crippen molar-refractivity contribution in [1.29, 1.82) is 0 Å². The summed E-state index contributed by atoms with van der Waals surface area (Å²) in [5, 5.41) is 0.107. The van der Waals surface area contributed by atoms with E-state index in [0.717, 1.165) is 6.42 Å². The minimum Gasteiger partial charge on any atom is -0.282 e. The molecule has 4 fully saturated rings. The Morgan fingerprint density at radius 1 is 1.05 bits per heavy atom. The lowest BCUT2D eigenvalue weighted by molar-refractivity contribution is -0.107. The Labute approximate surface area is 143 Å². The second-order valence-corrected chi connectivity index (χ2v) is 16.7. The van der Waals surface area contributed by atoms with Crippen molar-refractivity contribution in [3.8, 4) is 0 Å². The van der Waals surface area contributed by atoms with Crippen LogP contribution in [0.5, 0.6) is 0 Å². The van der Waals surface area contributed by atoms with E-state index in [9.17, 15) is 4.79 Å². The Bertz CT molecular complexity index is 478. The van der Waals surface area contributed by atoms with Crippen molar-refractivity contribution >= 4 is 63.9 Å². The van der Waals surface area contributed by atoms with Crippen molar-refractivity contribution in [2.24, 2.45) is 5.41 Å². The molecule has 0 spiro atoms. The summed E-state index contributed by atoms with van der Waals surface area (Å²) in [5.74, 6) is 0. The zero-order valence-corrected chi connectivity index (χ0v) is 16.5. The summed E-state index contributed by atoms with van der Waals surface area (Å²) in [6, 6.07) is 0. The molecule has 0 radical (unpaired) electrons. The van der Waals surface area contributed by atoms with Gasteiger partial charge in [0.1, 0.15) is 3.41 Å². The SMILES string of the molecule is C=CC(=O)SC12CC3(C)SC(C)(S1)C(C)(C)C(C)(S3)S2. The van der Waals surface area contributed by atoms with E-state index in [2.05, 4.69) is 64.7 Å². The molecule has 4 aliphatic rings. The minimum absolute atomic E-state index is 0.0461. The smallest absolute Gasteiger partial charge is 0.213 e. The maximum Gasteiger partial charge on any atom is 0.213 e. The third kappa shape index (κ3) is 2.00. The predicted octanol–water partition coefficient (Wildman–Crippen LogP) is 5.62. The highest BCUT2D eigenvalue weighted by atomic mass is 32.3. The van der Waals surface area contributed by atoms with Crippen LogP contribution in [-0.2, 0) is 4.79 Å². The van der Waals surface area contributed by atoms with Gasteiger partial charge in [-0.1, -0.05) is 32.2 Å². The zero-order chi connectivity index (χ0) is 15.0. The Balaban J connectivity index is 2.07. The van der Waals surface area contributed by atoms with E-state index in [1.165, 1.54) is 17.8 Å². The molecular weight excluding hydrogens is 344 g/mol. The van der Waals surface area contributed by atoms with Crippen LogP contribution in [0, 0.1) is 5.41 Å².